The quantitative estimate of drug-likeness (QED) is 0.703. The molecule has 1 fully saturated rings. The van der Waals surface area contributed by atoms with Gasteiger partial charge < -0.3 is 14.4 Å². The summed E-state index contributed by atoms with van der Waals surface area (Å²) in [6, 6.07) is 0. The Morgan fingerprint density at radius 3 is 2.53 bits per heavy atom. The lowest BCUT2D eigenvalue weighted by Gasteiger charge is -2.31. The molecule has 0 radical (unpaired) electrons. The number of carbonyl (C=O) groups is 1. The van der Waals surface area contributed by atoms with Gasteiger partial charge in [-0.1, -0.05) is 0 Å². The van der Waals surface area contributed by atoms with Crippen LogP contribution in [0.1, 0.15) is 26.7 Å². The summed E-state index contributed by atoms with van der Waals surface area (Å²) in [6.07, 6.45) is 2.32. The van der Waals surface area contributed by atoms with E-state index in [0.29, 0.717) is 6.61 Å². The monoisotopic (exact) mass is 215 g/mol. The molecular formula is C11H21NO3. The zero-order valence-corrected chi connectivity index (χ0v) is 9.86. The molecule has 4 heteroatoms. The van der Waals surface area contributed by atoms with Crippen molar-refractivity contribution in [1.29, 1.82) is 0 Å². The number of methoxy groups -OCH3 is 1. The third-order valence-corrected chi connectivity index (χ3v) is 2.86. The summed E-state index contributed by atoms with van der Waals surface area (Å²) < 4.78 is 10.8. The maximum absolute atomic E-state index is 11.1. The molecule has 0 aromatic heterocycles. The minimum atomic E-state index is 0.149. The average Bonchev–Trinajstić information content (AvgIpc) is 2.26. The van der Waals surface area contributed by atoms with Gasteiger partial charge in [0.1, 0.15) is 0 Å². The molecule has 0 spiro atoms. The van der Waals surface area contributed by atoms with E-state index in [1.807, 2.05) is 11.8 Å². The number of hydrogen-bond donors (Lipinski definition) is 0. The highest BCUT2D eigenvalue weighted by Gasteiger charge is 2.21. The van der Waals surface area contributed by atoms with Gasteiger partial charge in [0.15, 0.2) is 0 Å². The maximum Gasteiger partial charge on any atom is 0.219 e. The highest BCUT2D eigenvalue weighted by molar-refractivity contribution is 5.73. The van der Waals surface area contributed by atoms with Crippen molar-refractivity contribution in [2.75, 3.05) is 26.8 Å². The Hall–Kier alpha value is -0.610. The predicted molar refractivity (Wildman–Crippen MR) is 57.7 cm³/mol. The van der Waals surface area contributed by atoms with Gasteiger partial charge in [-0.05, 0) is 19.8 Å². The van der Waals surface area contributed by atoms with E-state index in [1.165, 1.54) is 0 Å². The van der Waals surface area contributed by atoms with E-state index < -0.39 is 0 Å². The molecule has 4 nitrogen and oxygen atoms in total. The second-order valence-corrected chi connectivity index (χ2v) is 4.09. The number of rotatable bonds is 4. The lowest BCUT2D eigenvalue weighted by Crippen LogP contribution is -2.40. The Labute approximate surface area is 91.5 Å². The van der Waals surface area contributed by atoms with Crippen LogP contribution in [0.3, 0.4) is 0 Å². The van der Waals surface area contributed by atoms with Crippen LogP contribution >= 0.6 is 0 Å². The molecule has 1 heterocycles. The number of nitrogens with zero attached hydrogens (tertiary/aromatic N) is 1. The van der Waals surface area contributed by atoms with Crippen LogP contribution in [-0.4, -0.2) is 49.8 Å². The minimum Gasteiger partial charge on any atom is -0.379 e. The molecule has 1 saturated heterocycles. The molecule has 0 aliphatic carbocycles. The fourth-order valence-electron chi connectivity index (χ4n) is 1.68. The topological polar surface area (TPSA) is 38.8 Å². The second kappa shape index (κ2) is 6.08. The van der Waals surface area contributed by atoms with Crippen LogP contribution in [0.25, 0.3) is 0 Å². The number of amides is 1. The SMILES string of the molecule is COC(C)COC1CCN(C(C)=O)CC1. The van der Waals surface area contributed by atoms with Crippen molar-refractivity contribution in [3.05, 3.63) is 0 Å². The predicted octanol–water partition coefficient (Wildman–Crippen LogP) is 1.05. The first-order chi connectivity index (χ1) is 7.13. The lowest BCUT2D eigenvalue weighted by molar-refractivity contribution is -0.131. The Morgan fingerprint density at radius 2 is 2.07 bits per heavy atom. The average molecular weight is 215 g/mol. The van der Waals surface area contributed by atoms with Crippen LogP contribution in [0.4, 0.5) is 0 Å². The normalized spacial score (nSPS) is 20.3. The van der Waals surface area contributed by atoms with Crippen molar-refractivity contribution in [3.63, 3.8) is 0 Å². The first kappa shape index (κ1) is 12.5. The Kier molecular flexibility index (Phi) is 5.05. The van der Waals surface area contributed by atoms with Crippen molar-refractivity contribution in [2.24, 2.45) is 0 Å². The second-order valence-electron chi connectivity index (χ2n) is 4.09. The van der Waals surface area contributed by atoms with Gasteiger partial charge in [0.25, 0.3) is 0 Å². The Bertz CT molecular complexity index is 200. The third-order valence-electron chi connectivity index (χ3n) is 2.86. The molecule has 88 valence electrons. The van der Waals surface area contributed by atoms with Gasteiger partial charge >= 0.3 is 0 Å². The fraction of sp³-hybridized carbons (Fsp3) is 0.909. The van der Waals surface area contributed by atoms with Crippen LogP contribution in [0, 0.1) is 0 Å². The van der Waals surface area contributed by atoms with E-state index in [-0.39, 0.29) is 18.1 Å². The summed E-state index contributed by atoms with van der Waals surface area (Å²) in [5.74, 6) is 0.165. The molecule has 1 aliphatic rings. The van der Waals surface area contributed by atoms with E-state index in [9.17, 15) is 4.79 Å². The molecule has 0 N–H and O–H groups in total. The van der Waals surface area contributed by atoms with E-state index in [0.717, 1.165) is 25.9 Å². The van der Waals surface area contributed by atoms with Crippen molar-refractivity contribution in [1.82, 2.24) is 4.90 Å². The molecule has 0 aromatic rings. The van der Waals surface area contributed by atoms with Gasteiger partial charge in [0.2, 0.25) is 5.91 Å². The highest BCUT2D eigenvalue weighted by Crippen LogP contribution is 2.14. The number of piperidine rings is 1. The Balaban J connectivity index is 2.17. The number of ether oxygens (including phenoxy) is 2. The smallest absolute Gasteiger partial charge is 0.219 e. The van der Waals surface area contributed by atoms with Crippen LogP contribution in [0.5, 0.6) is 0 Å². The number of carbonyl (C=O) groups excluding carboxylic acids is 1. The molecule has 0 bridgehead atoms. The van der Waals surface area contributed by atoms with Crippen molar-refractivity contribution in [3.8, 4) is 0 Å². The van der Waals surface area contributed by atoms with Gasteiger partial charge in [0, 0.05) is 27.1 Å². The van der Waals surface area contributed by atoms with Crippen molar-refractivity contribution >= 4 is 5.91 Å². The first-order valence-corrected chi connectivity index (χ1v) is 5.53. The molecule has 0 aromatic carbocycles. The van der Waals surface area contributed by atoms with Gasteiger partial charge in [0.05, 0.1) is 18.8 Å². The van der Waals surface area contributed by atoms with Crippen LogP contribution in [-0.2, 0) is 14.3 Å². The Morgan fingerprint density at radius 1 is 1.47 bits per heavy atom. The van der Waals surface area contributed by atoms with Crippen LogP contribution in [0.2, 0.25) is 0 Å². The largest absolute Gasteiger partial charge is 0.379 e. The van der Waals surface area contributed by atoms with E-state index in [1.54, 1.807) is 14.0 Å². The molecule has 0 saturated carbocycles. The summed E-state index contributed by atoms with van der Waals surface area (Å²) in [6.45, 7) is 5.89. The lowest BCUT2D eigenvalue weighted by atomic mass is 10.1. The number of likely N-dealkylation sites (tertiary alicyclic amines) is 1. The molecule has 1 unspecified atom stereocenters. The molecule has 1 aliphatic heterocycles. The minimum absolute atomic E-state index is 0.149. The van der Waals surface area contributed by atoms with Gasteiger partial charge in [-0.25, -0.2) is 0 Å². The molecule has 1 rings (SSSR count). The van der Waals surface area contributed by atoms with Crippen LogP contribution < -0.4 is 0 Å². The molecule has 1 atom stereocenters. The van der Waals surface area contributed by atoms with Crippen molar-refractivity contribution in [2.45, 2.75) is 38.9 Å². The summed E-state index contributed by atoms with van der Waals surface area (Å²) in [5, 5.41) is 0. The van der Waals surface area contributed by atoms with Gasteiger partial charge in [-0.15, -0.1) is 0 Å². The first-order valence-electron chi connectivity index (χ1n) is 5.53. The number of hydrogen-bond acceptors (Lipinski definition) is 3. The van der Waals surface area contributed by atoms with Gasteiger partial charge in [-0.2, -0.15) is 0 Å². The molecule has 1 amide bonds. The molecular weight excluding hydrogens is 194 g/mol. The maximum atomic E-state index is 11.1. The molecule has 15 heavy (non-hydrogen) atoms. The van der Waals surface area contributed by atoms with E-state index in [4.69, 9.17) is 9.47 Å². The van der Waals surface area contributed by atoms with E-state index >= 15 is 0 Å². The highest BCUT2D eigenvalue weighted by atomic mass is 16.5. The standard InChI is InChI=1S/C11H21NO3/c1-9(14-3)8-15-11-4-6-12(7-5-11)10(2)13/h9,11H,4-8H2,1-3H3. The summed E-state index contributed by atoms with van der Waals surface area (Å²) in [7, 11) is 1.69. The van der Waals surface area contributed by atoms with E-state index in [2.05, 4.69) is 0 Å². The fourth-order valence-corrected chi connectivity index (χ4v) is 1.68. The summed E-state index contributed by atoms with van der Waals surface area (Å²) >= 11 is 0. The van der Waals surface area contributed by atoms with Gasteiger partial charge in [-0.3, -0.25) is 4.79 Å². The zero-order valence-electron chi connectivity index (χ0n) is 9.86. The third kappa shape index (κ3) is 4.18. The van der Waals surface area contributed by atoms with Crippen molar-refractivity contribution < 1.29 is 14.3 Å². The van der Waals surface area contributed by atoms with Crippen LogP contribution in [0.15, 0.2) is 0 Å². The summed E-state index contributed by atoms with van der Waals surface area (Å²) in [5.41, 5.74) is 0. The summed E-state index contributed by atoms with van der Waals surface area (Å²) in [4.78, 5) is 13.0. The zero-order chi connectivity index (χ0) is 11.3.